The van der Waals surface area contributed by atoms with Crippen molar-refractivity contribution in [3.63, 3.8) is 0 Å². The fraction of sp³-hybridized carbons (Fsp3) is 0.500. The third kappa shape index (κ3) is 2.45. The van der Waals surface area contributed by atoms with Gasteiger partial charge in [0.05, 0.1) is 24.5 Å². The second-order valence-corrected chi connectivity index (χ2v) is 4.68. The van der Waals surface area contributed by atoms with Crippen LogP contribution in [0.15, 0.2) is 11.6 Å². The summed E-state index contributed by atoms with van der Waals surface area (Å²) in [4.78, 5) is 4.38. The maximum absolute atomic E-state index is 5.88. The van der Waals surface area contributed by atoms with Gasteiger partial charge in [-0.15, -0.1) is 16.4 Å². The van der Waals surface area contributed by atoms with Crippen LogP contribution in [0, 0.1) is 6.92 Å². The molecule has 5 nitrogen and oxygen atoms in total. The van der Waals surface area contributed by atoms with Crippen molar-refractivity contribution in [2.24, 2.45) is 5.73 Å². The number of aromatic nitrogens is 4. The lowest BCUT2D eigenvalue weighted by molar-refractivity contribution is 0.641. The lowest BCUT2D eigenvalue weighted by Crippen LogP contribution is -2.08. The van der Waals surface area contributed by atoms with E-state index >= 15 is 0 Å². The smallest absolute Gasteiger partial charge is 0.114 e. The lowest BCUT2D eigenvalue weighted by Gasteiger charge is -2.01. The highest BCUT2D eigenvalue weighted by Gasteiger charge is 2.09. The third-order valence-electron chi connectivity index (χ3n) is 2.34. The minimum absolute atomic E-state index is 0.0215. The standard InChI is InChI=1S/C10H15N5S/c1-3-8(11)9-4-15(14-13-9)5-10-12-7(2)6-16-10/h4,6,8H,3,5,11H2,1-2H3. The van der Waals surface area contributed by atoms with Crippen LogP contribution in [0.25, 0.3) is 0 Å². The van der Waals surface area contributed by atoms with Gasteiger partial charge >= 0.3 is 0 Å². The molecule has 2 aromatic heterocycles. The molecule has 0 amide bonds. The Labute approximate surface area is 98.3 Å². The number of nitrogens with two attached hydrogens (primary N) is 1. The van der Waals surface area contributed by atoms with Gasteiger partial charge in [0.25, 0.3) is 0 Å². The fourth-order valence-electron chi connectivity index (χ4n) is 1.38. The third-order valence-corrected chi connectivity index (χ3v) is 3.29. The molecule has 2 aromatic rings. The number of hydrogen-bond donors (Lipinski definition) is 1. The van der Waals surface area contributed by atoms with E-state index in [1.165, 1.54) is 0 Å². The quantitative estimate of drug-likeness (QED) is 0.875. The summed E-state index contributed by atoms with van der Waals surface area (Å²) in [6.45, 7) is 4.69. The zero-order valence-electron chi connectivity index (χ0n) is 9.42. The van der Waals surface area contributed by atoms with Crippen LogP contribution in [0.5, 0.6) is 0 Å². The molecule has 0 saturated heterocycles. The van der Waals surface area contributed by atoms with Crippen LogP contribution in [-0.4, -0.2) is 20.0 Å². The van der Waals surface area contributed by atoms with Crippen LogP contribution in [0.1, 0.15) is 35.8 Å². The molecule has 1 atom stereocenters. The van der Waals surface area contributed by atoms with Crippen molar-refractivity contribution in [2.45, 2.75) is 32.9 Å². The summed E-state index contributed by atoms with van der Waals surface area (Å²) in [5.41, 5.74) is 7.77. The van der Waals surface area contributed by atoms with Crippen molar-refractivity contribution in [1.82, 2.24) is 20.0 Å². The Hall–Kier alpha value is -1.27. The van der Waals surface area contributed by atoms with Crippen LogP contribution in [0.2, 0.25) is 0 Å². The second-order valence-electron chi connectivity index (χ2n) is 3.74. The molecule has 16 heavy (non-hydrogen) atoms. The molecule has 0 spiro atoms. The van der Waals surface area contributed by atoms with Crippen LogP contribution in [0.3, 0.4) is 0 Å². The van der Waals surface area contributed by atoms with Crippen LogP contribution >= 0.6 is 11.3 Å². The van der Waals surface area contributed by atoms with Crippen LogP contribution in [-0.2, 0) is 6.54 Å². The number of aryl methyl sites for hydroxylation is 1. The molecule has 0 saturated carbocycles. The largest absolute Gasteiger partial charge is 0.323 e. The van der Waals surface area contributed by atoms with Crippen molar-refractivity contribution in [3.8, 4) is 0 Å². The first-order valence-corrected chi connectivity index (χ1v) is 6.13. The van der Waals surface area contributed by atoms with Gasteiger partial charge in [-0.05, 0) is 13.3 Å². The van der Waals surface area contributed by atoms with Gasteiger partial charge < -0.3 is 5.73 Å². The zero-order chi connectivity index (χ0) is 11.5. The van der Waals surface area contributed by atoms with Gasteiger partial charge in [-0.25, -0.2) is 9.67 Å². The van der Waals surface area contributed by atoms with Crippen LogP contribution in [0.4, 0.5) is 0 Å². The van der Waals surface area contributed by atoms with Crippen LogP contribution < -0.4 is 5.73 Å². The Balaban J connectivity index is 2.08. The highest BCUT2D eigenvalue weighted by Crippen LogP contribution is 2.12. The van der Waals surface area contributed by atoms with Crippen molar-refractivity contribution in [3.05, 3.63) is 28.0 Å². The lowest BCUT2D eigenvalue weighted by atomic mass is 10.2. The molecule has 1 unspecified atom stereocenters. The summed E-state index contributed by atoms with van der Waals surface area (Å²) in [6, 6.07) is -0.0215. The van der Waals surface area contributed by atoms with Gasteiger partial charge in [-0.3, -0.25) is 0 Å². The maximum Gasteiger partial charge on any atom is 0.114 e. The Bertz CT molecular complexity index is 461. The monoisotopic (exact) mass is 237 g/mol. The number of rotatable bonds is 4. The number of thiazole rings is 1. The first-order chi connectivity index (χ1) is 7.69. The second kappa shape index (κ2) is 4.71. The number of hydrogen-bond acceptors (Lipinski definition) is 5. The van der Waals surface area contributed by atoms with E-state index in [-0.39, 0.29) is 6.04 Å². The molecule has 0 radical (unpaired) electrons. The van der Waals surface area contributed by atoms with E-state index in [2.05, 4.69) is 15.3 Å². The van der Waals surface area contributed by atoms with E-state index < -0.39 is 0 Å². The highest BCUT2D eigenvalue weighted by molar-refractivity contribution is 7.09. The van der Waals surface area contributed by atoms with E-state index in [1.807, 2.05) is 25.4 Å². The predicted molar refractivity (Wildman–Crippen MR) is 63.2 cm³/mol. The van der Waals surface area contributed by atoms with Crippen molar-refractivity contribution in [2.75, 3.05) is 0 Å². The van der Waals surface area contributed by atoms with E-state index in [4.69, 9.17) is 5.73 Å². The average molecular weight is 237 g/mol. The average Bonchev–Trinajstić information content (AvgIpc) is 2.87. The first kappa shape index (κ1) is 11.2. The van der Waals surface area contributed by atoms with Gasteiger partial charge in [0.15, 0.2) is 0 Å². The number of nitrogens with zero attached hydrogens (tertiary/aromatic N) is 4. The summed E-state index contributed by atoms with van der Waals surface area (Å²) < 4.78 is 1.78. The van der Waals surface area contributed by atoms with E-state index in [0.29, 0.717) is 6.54 Å². The molecular weight excluding hydrogens is 222 g/mol. The summed E-state index contributed by atoms with van der Waals surface area (Å²) in [5, 5.41) is 11.2. The molecule has 0 aliphatic carbocycles. The summed E-state index contributed by atoms with van der Waals surface area (Å²) in [5.74, 6) is 0. The molecule has 86 valence electrons. The Kier molecular flexibility index (Phi) is 3.31. The van der Waals surface area contributed by atoms with Gasteiger partial charge in [-0.2, -0.15) is 0 Å². The normalized spacial score (nSPS) is 12.9. The van der Waals surface area contributed by atoms with Crippen molar-refractivity contribution in [1.29, 1.82) is 0 Å². The molecule has 0 aliphatic heterocycles. The summed E-state index contributed by atoms with van der Waals surface area (Å²) in [6.07, 6.45) is 2.76. The fourth-order valence-corrected chi connectivity index (χ4v) is 2.15. The van der Waals surface area contributed by atoms with Gasteiger partial charge in [0.2, 0.25) is 0 Å². The Morgan fingerprint density at radius 1 is 1.56 bits per heavy atom. The molecule has 2 heterocycles. The molecule has 0 fully saturated rings. The van der Waals surface area contributed by atoms with Gasteiger partial charge in [0, 0.05) is 11.1 Å². The molecular formula is C10H15N5S. The van der Waals surface area contributed by atoms with Crippen molar-refractivity contribution >= 4 is 11.3 Å². The SMILES string of the molecule is CCC(N)c1cn(Cc2nc(C)cs2)nn1. The molecule has 0 bridgehead atoms. The zero-order valence-corrected chi connectivity index (χ0v) is 10.2. The summed E-state index contributed by atoms with van der Waals surface area (Å²) in [7, 11) is 0. The minimum atomic E-state index is -0.0215. The van der Waals surface area contributed by atoms with E-state index in [0.717, 1.165) is 22.8 Å². The summed E-state index contributed by atoms with van der Waals surface area (Å²) >= 11 is 1.64. The maximum atomic E-state index is 5.88. The predicted octanol–water partition coefficient (Wildman–Crippen LogP) is 1.50. The van der Waals surface area contributed by atoms with Gasteiger partial charge in [-0.1, -0.05) is 12.1 Å². The topological polar surface area (TPSA) is 69.6 Å². The molecule has 0 aromatic carbocycles. The van der Waals surface area contributed by atoms with E-state index in [1.54, 1.807) is 16.0 Å². The Morgan fingerprint density at radius 2 is 2.38 bits per heavy atom. The first-order valence-electron chi connectivity index (χ1n) is 5.25. The molecule has 6 heteroatoms. The molecule has 0 aliphatic rings. The molecule has 2 N–H and O–H groups in total. The van der Waals surface area contributed by atoms with Gasteiger partial charge in [0.1, 0.15) is 5.01 Å². The molecule has 2 rings (SSSR count). The van der Waals surface area contributed by atoms with Crippen molar-refractivity contribution < 1.29 is 0 Å². The highest BCUT2D eigenvalue weighted by atomic mass is 32.1. The van der Waals surface area contributed by atoms with E-state index in [9.17, 15) is 0 Å². The minimum Gasteiger partial charge on any atom is -0.323 e. The Morgan fingerprint density at radius 3 is 3.00 bits per heavy atom.